The molecule has 1 saturated heterocycles. The van der Waals surface area contributed by atoms with Gasteiger partial charge in [0.05, 0.1) is 26.4 Å². The fourth-order valence-electron chi connectivity index (χ4n) is 6.49. The van der Waals surface area contributed by atoms with Crippen LogP contribution in [0.5, 0.6) is 0 Å². The maximum absolute atomic E-state index is 13.9. The Hall–Kier alpha value is -2.71. The fraction of sp³-hybridized carbons (Fsp3) is 0.559. The number of carbonyl (C=O) groups excluding carboxylic acids is 1. The van der Waals surface area contributed by atoms with Crippen LogP contribution in [0.4, 0.5) is 0 Å². The van der Waals surface area contributed by atoms with Gasteiger partial charge in [-0.05, 0) is 66.5 Å². The number of carbonyl (C=O) groups is 1. The van der Waals surface area contributed by atoms with Gasteiger partial charge in [-0.1, -0.05) is 61.7 Å². The van der Waals surface area contributed by atoms with Gasteiger partial charge in [-0.2, -0.15) is 0 Å². The third-order valence-corrected chi connectivity index (χ3v) is 8.52. The molecule has 2 aromatic rings. The molecule has 41 heavy (non-hydrogen) atoms. The summed E-state index contributed by atoms with van der Waals surface area (Å²) in [6.45, 7) is 5.76. The quantitative estimate of drug-likeness (QED) is 0.296. The van der Waals surface area contributed by atoms with E-state index in [-0.39, 0.29) is 24.3 Å². The van der Waals surface area contributed by atoms with Crippen LogP contribution in [-0.4, -0.2) is 74.9 Å². The smallest absolute Gasteiger partial charge is 0.288 e. The molecule has 0 saturated carbocycles. The lowest BCUT2D eigenvalue weighted by atomic mass is 9.78. The fourth-order valence-corrected chi connectivity index (χ4v) is 6.49. The topological polar surface area (TPSA) is 77.5 Å². The van der Waals surface area contributed by atoms with Gasteiger partial charge in [-0.3, -0.25) is 4.79 Å². The van der Waals surface area contributed by atoms with Gasteiger partial charge in [-0.15, -0.1) is 0 Å². The molecule has 3 atom stereocenters. The zero-order valence-corrected chi connectivity index (χ0v) is 24.4. The Kier molecular flexibility index (Phi) is 10.9. The summed E-state index contributed by atoms with van der Waals surface area (Å²) in [5.74, 6) is 0.324. The molecular weight excluding hydrogens is 518 g/mol. The highest BCUT2D eigenvalue weighted by atomic mass is 16.7. The van der Waals surface area contributed by atoms with E-state index in [4.69, 9.17) is 24.1 Å². The number of hydrogen-bond donors (Lipinski definition) is 1. The Morgan fingerprint density at radius 1 is 0.927 bits per heavy atom. The standard InChI is InChI=1S/C34H45NO6/c1-2-40-34-29(15-19-38-21-22-39-20-18-36)31(24-32(41-34)33(37)35-16-8-4-3-5-9-17-35)28-14-10-13-27-26-12-7-6-11-25(26)23-30(27)28/h6-7,10-14,24,29,31,34,36H,2-5,8-9,15-23H2,1H3. The van der Waals surface area contributed by atoms with Crippen LogP contribution < -0.4 is 0 Å². The molecule has 1 amide bonds. The number of aliphatic hydroxyl groups is 1. The molecule has 3 aliphatic rings. The Morgan fingerprint density at radius 3 is 2.44 bits per heavy atom. The number of nitrogens with zero attached hydrogens (tertiary/aromatic N) is 1. The van der Waals surface area contributed by atoms with Crippen LogP contribution in [0, 0.1) is 5.92 Å². The second kappa shape index (κ2) is 15.0. The van der Waals surface area contributed by atoms with E-state index in [2.05, 4.69) is 48.5 Å². The third kappa shape index (κ3) is 7.20. The lowest BCUT2D eigenvalue weighted by Gasteiger charge is -2.38. The van der Waals surface area contributed by atoms with Crippen molar-refractivity contribution < 1.29 is 28.8 Å². The van der Waals surface area contributed by atoms with E-state index < -0.39 is 6.29 Å². The number of fused-ring (bicyclic) bond motifs is 3. The van der Waals surface area contributed by atoms with Crippen molar-refractivity contribution in [3.8, 4) is 11.1 Å². The van der Waals surface area contributed by atoms with Gasteiger partial charge < -0.3 is 29.0 Å². The van der Waals surface area contributed by atoms with Crippen LogP contribution in [0.3, 0.4) is 0 Å². The van der Waals surface area contributed by atoms with Crippen molar-refractivity contribution in [3.05, 3.63) is 71.0 Å². The molecule has 2 aromatic carbocycles. The van der Waals surface area contributed by atoms with Gasteiger partial charge in [0.1, 0.15) is 0 Å². The largest absolute Gasteiger partial charge is 0.459 e. The molecule has 0 bridgehead atoms. The summed E-state index contributed by atoms with van der Waals surface area (Å²) in [7, 11) is 0. The van der Waals surface area contributed by atoms with Gasteiger partial charge in [-0.25, -0.2) is 0 Å². The van der Waals surface area contributed by atoms with Crippen LogP contribution in [0.15, 0.2) is 54.3 Å². The number of amides is 1. The average Bonchev–Trinajstić information content (AvgIpc) is 3.36. The SMILES string of the molecule is CCOC1OC(C(=O)N2CCCCCCC2)=CC(c2cccc3c2Cc2ccccc2-3)C1CCOCCOCCO. The highest BCUT2D eigenvalue weighted by molar-refractivity contribution is 5.92. The molecule has 1 aliphatic carbocycles. The highest BCUT2D eigenvalue weighted by Gasteiger charge is 2.40. The number of likely N-dealkylation sites (tertiary alicyclic amines) is 1. The molecule has 7 nitrogen and oxygen atoms in total. The molecule has 2 aliphatic heterocycles. The summed E-state index contributed by atoms with van der Waals surface area (Å²) >= 11 is 0. The van der Waals surface area contributed by atoms with Crippen molar-refractivity contribution in [1.29, 1.82) is 0 Å². The minimum Gasteiger partial charge on any atom is -0.459 e. The van der Waals surface area contributed by atoms with Gasteiger partial charge in [0.2, 0.25) is 6.29 Å². The number of ether oxygens (including phenoxy) is 4. The number of allylic oxidation sites excluding steroid dienone is 1. The summed E-state index contributed by atoms with van der Waals surface area (Å²) in [6, 6.07) is 15.2. The second-order valence-corrected chi connectivity index (χ2v) is 11.2. The van der Waals surface area contributed by atoms with Crippen molar-refractivity contribution in [3.63, 3.8) is 0 Å². The molecule has 1 fully saturated rings. The Balaban J connectivity index is 1.44. The summed E-state index contributed by atoms with van der Waals surface area (Å²) in [6.07, 6.45) is 8.76. The molecular formula is C34H45NO6. The van der Waals surface area contributed by atoms with E-state index in [9.17, 15) is 4.79 Å². The predicted octanol–water partition coefficient (Wildman–Crippen LogP) is 5.44. The van der Waals surface area contributed by atoms with Crippen LogP contribution in [0.2, 0.25) is 0 Å². The van der Waals surface area contributed by atoms with Crippen molar-refractivity contribution in [2.24, 2.45) is 5.92 Å². The maximum atomic E-state index is 13.9. The normalized spacial score (nSPS) is 22.2. The van der Waals surface area contributed by atoms with Crippen LogP contribution in [0.25, 0.3) is 11.1 Å². The molecule has 222 valence electrons. The first-order valence-electron chi connectivity index (χ1n) is 15.5. The Labute approximate surface area is 244 Å². The van der Waals surface area contributed by atoms with Crippen molar-refractivity contribution in [2.75, 3.05) is 52.7 Å². The zero-order chi connectivity index (χ0) is 28.4. The maximum Gasteiger partial charge on any atom is 0.288 e. The molecule has 3 unspecified atom stereocenters. The Morgan fingerprint density at radius 2 is 1.66 bits per heavy atom. The van der Waals surface area contributed by atoms with E-state index in [1.165, 1.54) is 34.2 Å². The van der Waals surface area contributed by atoms with E-state index in [0.717, 1.165) is 45.2 Å². The minimum absolute atomic E-state index is 0.00715. The molecule has 0 aromatic heterocycles. The van der Waals surface area contributed by atoms with E-state index in [1.807, 2.05) is 11.8 Å². The van der Waals surface area contributed by atoms with E-state index in [0.29, 0.717) is 45.2 Å². The first kappa shape index (κ1) is 29.8. The Bertz CT molecular complexity index is 1170. The van der Waals surface area contributed by atoms with Crippen molar-refractivity contribution in [2.45, 2.75) is 64.1 Å². The number of rotatable bonds is 12. The molecule has 5 rings (SSSR count). The highest BCUT2D eigenvalue weighted by Crippen LogP contribution is 2.45. The molecule has 2 heterocycles. The van der Waals surface area contributed by atoms with Crippen LogP contribution in [0.1, 0.15) is 68.1 Å². The summed E-state index contributed by atoms with van der Waals surface area (Å²) in [4.78, 5) is 15.8. The summed E-state index contributed by atoms with van der Waals surface area (Å²) in [5, 5.41) is 8.92. The summed E-state index contributed by atoms with van der Waals surface area (Å²) < 4.78 is 23.9. The molecule has 1 N–H and O–H groups in total. The molecule has 0 spiro atoms. The molecule has 0 radical (unpaired) electrons. The number of hydrogen-bond acceptors (Lipinski definition) is 6. The third-order valence-electron chi connectivity index (χ3n) is 8.52. The van der Waals surface area contributed by atoms with Gasteiger partial charge in [0, 0.05) is 38.1 Å². The van der Waals surface area contributed by atoms with Gasteiger partial charge in [0.25, 0.3) is 5.91 Å². The summed E-state index contributed by atoms with van der Waals surface area (Å²) in [5.41, 5.74) is 6.47. The van der Waals surface area contributed by atoms with E-state index in [1.54, 1.807) is 0 Å². The number of benzene rings is 2. The lowest BCUT2D eigenvalue weighted by Crippen LogP contribution is -2.42. The van der Waals surface area contributed by atoms with Crippen molar-refractivity contribution in [1.82, 2.24) is 4.90 Å². The molecule has 7 heteroatoms. The first-order chi connectivity index (χ1) is 20.2. The zero-order valence-electron chi connectivity index (χ0n) is 24.4. The minimum atomic E-state index is -0.544. The monoisotopic (exact) mass is 563 g/mol. The van der Waals surface area contributed by atoms with E-state index >= 15 is 0 Å². The van der Waals surface area contributed by atoms with Crippen LogP contribution in [-0.2, 0) is 30.2 Å². The average molecular weight is 564 g/mol. The van der Waals surface area contributed by atoms with Crippen molar-refractivity contribution >= 4 is 5.91 Å². The number of aliphatic hydroxyl groups excluding tert-OH is 1. The van der Waals surface area contributed by atoms with Gasteiger partial charge in [0.15, 0.2) is 5.76 Å². The van der Waals surface area contributed by atoms with Gasteiger partial charge >= 0.3 is 0 Å². The predicted molar refractivity (Wildman–Crippen MR) is 159 cm³/mol. The first-order valence-corrected chi connectivity index (χ1v) is 15.5. The second-order valence-electron chi connectivity index (χ2n) is 11.2. The van der Waals surface area contributed by atoms with Crippen LogP contribution >= 0.6 is 0 Å². The lowest BCUT2D eigenvalue weighted by molar-refractivity contribution is -0.172.